The number of esters is 1. The predicted octanol–water partition coefficient (Wildman–Crippen LogP) is 4.14. The number of nitrogens with zero attached hydrogens (tertiary/aromatic N) is 4. The predicted molar refractivity (Wildman–Crippen MR) is 129 cm³/mol. The van der Waals surface area contributed by atoms with E-state index in [-0.39, 0.29) is 23.6 Å². The Hall–Kier alpha value is -4.05. The smallest absolute Gasteiger partial charge is 0.338 e. The van der Waals surface area contributed by atoms with E-state index >= 15 is 0 Å². The molecule has 0 saturated heterocycles. The third-order valence-corrected chi connectivity index (χ3v) is 7.04. The second-order valence-corrected chi connectivity index (χ2v) is 9.39. The topological polar surface area (TPSA) is 115 Å². The van der Waals surface area contributed by atoms with Crippen LogP contribution in [0.4, 0.5) is 5.69 Å². The van der Waals surface area contributed by atoms with Gasteiger partial charge in [-0.15, -0.1) is 0 Å². The van der Waals surface area contributed by atoms with Crippen LogP contribution in [0.15, 0.2) is 88.5 Å². The van der Waals surface area contributed by atoms with Crippen LogP contribution in [0.2, 0.25) is 0 Å². The van der Waals surface area contributed by atoms with Gasteiger partial charge in [0.2, 0.25) is 11.7 Å². The minimum Gasteiger partial charge on any atom is -0.462 e. The molecular weight excluding hydrogens is 468 g/mol. The van der Waals surface area contributed by atoms with E-state index in [2.05, 4.69) is 15.1 Å². The van der Waals surface area contributed by atoms with E-state index in [1.54, 1.807) is 49.6 Å². The molecule has 0 aliphatic carbocycles. The maximum atomic E-state index is 13.2. The van der Waals surface area contributed by atoms with Crippen LogP contribution in [0.25, 0.3) is 11.4 Å². The van der Waals surface area contributed by atoms with Gasteiger partial charge in [0, 0.05) is 30.9 Å². The van der Waals surface area contributed by atoms with Crippen LogP contribution in [0, 0.1) is 0 Å². The summed E-state index contributed by atoms with van der Waals surface area (Å²) < 4.78 is 38.3. The van der Waals surface area contributed by atoms with Crippen molar-refractivity contribution in [3.8, 4) is 11.4 Å². The zero-order valence-corrected chi connectivity index (χ0v) is 19.9. The highest BCUT2D eigenvalue weighted by molar-refractivity contribution is 7.92. The van der Waals surface area contributed by atoms with E-state index in [4.69, 9.17) is 9.26 Å². The number of aryl methyl sites for hydroxylation is 1. The number of aromatic nitrogens is 3. The fourth-order valence-corrected chi connectivity index (χ4v) is 4.96. The molecule has 0 saturated carbocycles. The molecule has 0 spiro atoms. The molecule has 0 aliphatic rings. The molecule has 0 fully saturated rings. The second kappa shape index (κ2) is 10.9. The maximum absolute atomic E-state index is 13.2. The number of rotatable bonds is 10. The van der Waals surface area contributed by atoms with E-state index in [1.807, 2.05) is 12.1 Å². The molecule has 0 aliphatic heterocycles. The molecule has 0 radical (unpaired) electrons. The molecule has 2 heterocycles. The van der Waals surface area contributed by atoms with Crippen LogP contribution in [0.1, 0.15) is 29.6 Å². The molecule has 0 N–H and O–H groups in total. The highest BCUT2D eigenvalue weighted by Gasteiger charge is 2.24. The summed E-state index contributed by atoms with van der Waals surface area (Å²) in [4.78, 5) is 20.9. The van der Waals surface area contributed by atoms with Crippen molar-refractivity contribution in [2.75, 3.05) is 17.5 Å². The average Bonchev–Trinajstić information content (AvgIpc) is 3.37. The number of carbonyl (C=O) groups excluding carboxylic acids is 1. The summed E-state index contributed by atoms with van der Waals surface area (Å²) in [5.74, 6) is 0.264. The Bertz CT molecular complexity index is 1380. The van der Waals surface area contributed by atoms with E-state index < -0.39 is 16.0 Å². The Labute approximate surface area is 203 Å². The molecule has 0 atom stereocenters. The van der Waals surface area contributed by atoms with Gasteiger partial charge in [-0.25, -0.2) is 13.2 Å². The number of carbonyl (C=O) groups is 1. The summed E-state index contributed by atoms with van der Waals surface area (Å²) in [7, 11) is -3.85. The van der Waals surface area contributed by atoms with Crippen molar-refractivity contribution in [2.24, 2.45) is 0 Å². The van der Waals surface area contributed by atoms with Crippen LogP contribution in [-0.2, 0) is 21.2 Å². The lowest BCUT2D eigenvalue weighted by Crippen LogP contribution is -2.30. The Morgan fingerprint density at radius 2 is 1.89 bits per heavy atom. The number of pyridine rings is 1. The van der Waals surface area contributed by atoms with Crippen LogP contribution < -0.4 is 4.31 Å². The lowest BCUT2D eigenvalue weighted by atomic mass is 10.2. The third-order valence-electron chi connectivity index (χ3n) is 5.15. The zero-order valence-electron chi connectivity index (χ0n) is 19.1. The quantitative estimate of drug-likeness (QED) is 0.240. The summed E-state index contributed by atoms with van der Waals surface area (Å²) in [6.45, 7) is 2.12. The second-order valence-electron chi connectivity index (χ2n) is 7.53. The SMILES string of the molecule is CCN(c1ccccc1)S(=O)(=O)c1cccc(C(=O)OCCCc2nc(-c3cccnc3)no2)c1. The van der Waals surface area contributed by atoms with Gasteiger partial charge in [0.05, 0.1) is 22.8 Å². The monoisotopic (exact) mass is 492 g/mol. The normalized spacial score (nSPS) is 11.2. The largest absolute Gasteiger partial charge is 0.462 e. The van der Waals surface area contributed by atoms with Gasteiger partial charge < -0.3 is 9.26 Å². The molecule has 180 valence electrons. The van der Waals surface area contributed by atoms with Gasteiger partial charge in [-0.2, -0.15) is 4.98 Å². The molecule has 0 bridgehead atoms. The summed E-state index contributed by atoms with van der Waals surface area (Å²) in [5.41, 5.74) is 1.46. The van der Waals surface area contributed by atoms with Gasteiger partial charge in [-0.1, -0.05) is 29.4 Å². The number of ether oxygens (including phenoxy) is 1. The van der Waals surface area contributed by atoms with Gasteiger partial charge in [-0.05, 0) is 55.8 Å². The first kappa shape index (κ1) is 24.1. The van der Waals surface area contributed by atoms with Crippen molar-refractivity contribution in [3.05, 3.63) is 90.6 Å². The van der Waals surface area contributed by atoms with Crippen molar-refractivity contribution in [1.82, 2.24) is 15.1 Å². The summed E-state index contributed by atoms with van der Waals surface area (Å²) in [6.07, 6.45) is 4.20. The van der Waals surface area contributed by atoms with Crippen molar-refractivity contribution in [2.45, 2.75) is 24.7 Å². The van der Waals surface area contributed by atoms with E-state index in [9.17, 15) is 13.2 Å². The molecule has 0 amide bonds. The van der Waals surface area contributed by atoms with Gasteiger partial charge >= 0.3 is 5.97 Å². The molecule has 10 heteroatoms. The van der Waals surface area contributed by atoms with Crippen molar-refractivity contribution < 1.29 is 22.5 Å². The minimum absolute atomic E-state index is 0.0199. The number of benzene rings is 2. The van der Waals surface area contributed by atoms with Gasteiger partial charge in [0.15, 0.2) is 0 Å². The van der Waals surface area contributed by atoms with Crippen LogP contribution in [0.5, 0.6) is 0 Å². The first-order valence-electron chi connectivity index (χ1n) is 11.1. The number of hydrogen-bond donors (Lipinski definition) is 0. The molecule has 4 rings (SSSR count). The molecule has 35 heavy (non-hydrogen) atoms. The Morgan fingerprint density at radius 3 is 2.63 bits per heavy atom. The van der Waals surface area contributed by atoms with Gasteiger partial charge in [0.1, 0.15) is 0 Å². The Morgan fingerprint density at radius 1 is 1.06 bits per heavy atom. The van der Waals surface area contributed by atoms with Gasteiger partial charge in [0.25, 0.3) is 10.0 Å². The number of hydrogen-bond acceptors (Lipinski definition) is 8. The van der Waals surface area contributed by atoms with Crippen LogP contribution in [0.3, 0.4) is 0 Å². The summed E-state index contributed by atoms with van der Waals surface area (Å²) >= 11 is 0. The van der Waals surface area contributed by atoms with Crippen LogP contribution in [-0.4, -0.2) is 42.7 Å². The highest BCUT2D eigenvalue weighted by atomic mass is 32.2. The molecule has 2 aromatic heterocycles. The summed E-state index contributed by atoms with van der Waals surface area (Å²) in [6, 6.07) is 18.3. The maximum Gasteiger partial charge on any atom is 0.338 e. The third kappa shape index (κ3) is 5.72. The first-order valence-corrected chi connectivity index (χ1v) is 12.5. The Kier molecular flexibility index (Phi) is 7.51. The minimum atomic E-state index is -3.85. The lowest BCUT2D eigenvalue weighted by Gasteiger charge is -2.23. The number of para-hydroxylation sites is 1. The zero-order chi connectivity index (χ0) is 24.7. The first-order chi connectivity index (χ1) is 17.0. The highest BCUT2D eigenvalue weighted by Crippen LogP contribution is 2.24. The number of sulfonamides is 1. The van der Waals surface area contributed by atoms with Crippen LogP contribution >= 0.6 is 0 Å². The summed E-state index contributed by atoms with van der Waals surface area (Å²) in [5, 5.41) is 3.93. The lowest BCUT2D eigenvalue weighted by molar-refractivity contribution is 0.0498. The van der Waals surface area contributed by atoms with Crippen molar-refractivity contribution in [1.29, 1.82) is 0 Å². The average molecular weight is 493 g/mol. The number of anilines is 1. The van der Waals surface area contributed by atoms with Crippen molar-refractivity contribution in [3.63, 3.8) is 0 Å². The molecular formula is C25H24N4O5S. The van der Waals surface area contributed by atoms with Crippen molar-refractivity contribution >= 4 is 21.7 Å². The van der Waals surface area contributed by atoms with Gasteiger partial charge in [-0.3, -0.25) is 9.29 Å². The van der Waals surface area contributed by atoms with E-state index in [1.165, 1.54) is 28.6 Å². The van der Waals surface area contributed by atoms with E-state index in [0.717, 1.165) is 5.56 Å². The Balaban J connectivity index is 1.35. The standard InChI is InChI=1S/C25H24N4O5S/c1-2-29(21-11-4-3-5-12-21)35(31,32)22-13-6-9-19(17-22)25(30)33-16-8-14-23-27-24(28-34-23)20-10-7-15-26-18-20/h3-7,9-13,15,17-18H,2,8,14,16H2,1H3. The fraction of sp³-hybridized carbons (Fsp3) is 0.200. The molecule has 0 unspecified atom stereocenters. The van der Waals surface area contributed by atoms with E-state index in [0.29, 0.717) is 30.2 Å². The molecule has 9 nitrogen and oxygen atoms in total. The molecule has 2 aromatic carbocycles. The molecule has 4 aromatic rings. The fourth-order valence-electron chi connectivity index (χ4n) is 3.44.